The molecule has 162 valence electrons. The van der Waals surface area contributed by atoms with Crippen molar-refractivity contribution in [1.29, 1.82) is 0 Å². The molecular weight excluding hydrogens is 374 g/mol. The second-order valence-corrected chi connectivity index (χ2v) is 11.1. The summed E-state index contributed by atoms with van der Waals surface area (Å²) >= 11 is 0. The van der Waals surface area contributed by atoms with Crippen molar-refractivity contribution < 1.29 is 29.5 Å². The molecule has 1 unspecified atom stereocenters. The summed E-state index contributed by atoms with van der Waals surface area (Å²) in [7, 11) is 3.42. The summed E-state index contributed by atoms with van der Waals surface area (Å²) in [6.45, 7) is 3.71. The van der Waals surface area contributed by atoms with E-state index >= 15 is 0 Å². The van der Waals surface area contributed by atoms with Crippen molar-refractivity contribution in [2.24, 2.45) is 29.1 Å². The standard InChI is InChI=1S/C22H33NO6/c1-4-23-9-19-13-8-21(26)18(23)22(13,14(24)6-15(19)29-19)11-5-10-12(27-2)7-20(21,25)16(11)17(10)28-3/h10-18,24-26H,4-9H2,1-3H3/t10-,11-,12+,13-,14+,15+,16-,17+,18?,19-,20-,21-,22-/m1/s1. The Hall–Kier alpha value is -0.280. The molecule has 7 bridgehead atoms. The second kappa shape index (κ2) is 5.03. The van der Waals surface area contributed by atoms with Crippen LogP contribution in [0.2, 0.25) is 0 Å². The molecule has 0 aromatic carbocycles. The molecule has 7 rings (SSSR count). The van der Waals surface area contributed by atoms with E-state index < -0.39 is 22.7 Å². The zero-order valence-electron chi connectivity index (χ0n) is 17.5. The lowest BCUT2D eigenvalue weighted by atomic mass is 9.45. The molecule has 7 fully saturated rings. The Morgan fingerprint density at radius 3 is 2.59 bits per heavy atom. The largest absolute Gasteiger partial charge is 0.392 e. The van der Waals surface area contributed by atoms with Crippen LogP contribution in [0.3, 0.4) is 0 Å². The highest BCUT2D eigenvalue weighted by Gasteiger charge is 2.91. The van der Waals surface area contributed by atoms with E-state index in [2.05, 4.69) is 11.8 Å². The van der Waals surface area contributed by atoms with Gasteiger partial charge in [-0.25, -0.2) is 0 Å². The highest BCUT2D eigenvalue weighted by Crippen LogP contribution is 2.81. The third-order valence-electron chi connectivity index (χ3n) is 11.0. The number of hydrogen-bond acceptors (Lipinski definition) is 7. The summed E-state index contributed by atoms with van der Waals surface area (Å²) in [4.78, 5) is 2.33. The first kappa shape index (κ1) is 18.3. The van der Waals surface area contributed by atoms with Gasteiger partial charge in [-0.2, -0.15) is 0 Å². The molecular formula is C22H33NO6. The molecule has 7 nitrogen and oxygen atoms in total. The quantitative estimate of drug-likeness (QED) is 0.556. The molecule has 29 heavy (non-hydrogen) atoms. The lowest BCUT2D eigenvalue weighted by molar-refractivity contribution is -0.304. The molecule has 2 saturated heterocycles. The minimum atomic E-state index is -1.29. The summed E-state index contributed by atoms with van der Waals surface area (Å²) in [6, 6.07) is -0.242. The first-order chi connectivity index (χ1) is 13.8. The van der Waals surface area contributed by atoms with E-state index in [1.165, 1.54) is 0 Å². The van der Waals surface area contributed by atoms with Gasteiger partial charge >= 0.3 is 0 Å². The Labute approximate surface area is 171 Å². The number of methoxy groups -OCH3 is 2. The highest BCUT2D eigenvalue weighted by molar-refractivity contribution is 5.41. The van der Waals surface area contributed by atoms with Crippen LogP contribution in [-0.4, -0.2) is 94.8 Å². The summed E-state index contributed by atoms with van der Waals surface area (Å²) in [5, 5.41) is 36.4. The fourth-order valence-corrected chi connectivity index (χ4v) is 10.3. The van der Waals surface area contributed by atoms with Crippen LogP contribution in [0, 0.1) is 29.1 Å². The van der Waals surface area contributed by atoms with E-state index in [0.717, 1.165) is 19.5 Å². The van der Waals surface area contributed by atoms with Crippen LogP contribution in [0.15, 0.2) is 0 Å². The van der Waals surface area contributed by atoms with E-state index in [4.69, 9.17) is 14.2 Å². The van der Waals surface area contributed by atoms with Gasteiger partial charge in [0.15, 0.2) is 0 Å². The Morgan fingerprint density at radius 1 is 1.10 bits per heavy atom. The van der Waals surface area contributed by atoms with Crippen LogP contribution in [-0.2, 0) is 14.2 Å². The van der Waals surface area contributed by atoms with Gasteiger partial charge in [0.25, 0.3) is 0 Å². The molecule has 5 saturated carbocycles. The van der Waals surface area contributed by atoms with Gasteiger partial charge in [-0.05, 0) is 25.3 Å². The highest BCUT2D eigenvalue weighted by atomic mass is 16.6. The van der Waals surface area contributed by atoms with Crippen molar-refractivity contribution in [3.63, 3.8) is 0 Å². The van der Waals surface area contributed by atoms with E-state index in [-0.39, 0.29) is 53.6 Å². The predicted octanol–water partition coefficient (Wildman–Crippen LogP) is -0.239. The normalized spacial score (nSPS) is 68.7. The molecule has 3 N–H and O–H groups in total. The molecule has 7 aliphatic rings. The summed E-state index contributed by atoms with van der Waals surface area (Å²) in [5.41, 5.74) is -3.26. The minimum Gasteiger partial charge on any atom is -0.392 e. The van der Waals surface area contributed by atoms with E-state index in [1.54, 1.807) is 14.2 Å². The fourth-order valence-electron chi connectivity index (χ4n) is 10.3. The van der Waals surface area contributed by atoms with E-state index in [9.17, 15) is 15.3 Å². The molecule has 5 aliphatic carbocycles. The van der Waals surface area contributed by atoms with Crippen LogP contribution in [0.4, 0.5) is 0 Å². The Morgan fingerprint density at radius 2 is 1.90 bits per heavy atom. The maximum atomic E-state index is 12.4. The molecule has 2 aliphatic heterocycles. The number of likely N-dealkylation sites (N-methyl/N-ethyl adjacent to an activating group) is 1. The molecule has 0 aromatic heterocycles. The molecule has 2 heterocycles. The zero-order valence-corrected chi connectivity index (χ0v) is 17.5. The minimum absolute atomic E-state index is 0.0858. The monoisotopic (exact) mass is 407 g/mol. The van der Waals surface area contributed by atoms with Gasteiger partial charge < -0.3 is 29.5 Å². The third-order valence-corrected chi connectivity index (χ3v) is 11.0. The van der Waals surface area contributed by atoms with Gasteiger partial charge in [0.1, 0.15) is 16.8 Å². The number of likely N-dealkylation sites (tertiary alicyclic amines) is 1. The van der Waals surface area contributed by atoms with Crippen molar-refractivity contribution in [2.45, 2.75) is 79.9 Å². The van der Waals surface area contributed by atoms with Gasteiger partial charge in [-0.1, -0.05) is 6.92 Å². The third kappa shape index (κ3) is 1.55. The average Bonchev–Trinajstić information content (AvgIpc) is 3.18. The number of ether oxygens (including phenoxy) is 3. The Balaban J connectivity index is 1.51. The van der Waals surface area contributed by atoms with Gasteiger partial charge in [0.05, 0.1) is 30.5 Å². The van der Waals surface area contributed by atoms with E-state index in [1.807, 2.05) is 0 Å². The molecule has 0 amide bonds. The number of fused-ring (bicyclic) bond motifs is 2. The van der Waals surface area contributed by atoms with Crippen LogP contribution >= 0.6 is 0 Å². The fraction of sp³-hybridized carbons (Fsp3) is 1.00. The van der Waals surface area contributed by atoms with Crippen molar-refractivity contribution in [3.05, 3.63) is 0 Å². The summed E-state index contributed by atoms with van der Waals surface area (Å²) in [6.07, 6.45) is 1.75. The Bertz CT molecular complexity index is 780. The number of nitrogens with zero attached hydrogens (tertiary/aromatic N) is 1. The summed E-state index contributed by atoms with van der Waals surface area (Å²) in [5.74, 6) is 0.216. The van der Waals surface area contributed by atoms with Crippen LogP contribution in [0.25, 0.3) is 0 Å². The molecule has 2 spiro atoms. The molecule has 13 atom stereocenters. The van der Waals surface area contributed by atoms with Crippen molar-refractivity contribution in [3.8, 4) is 0 Å². The molecule has 0 radical (unpaired) electrons. The predicted molar refractivity (Wildman–Crippen MR) is 101 cm³/mol. The van der Waals surface area contributed by atoms with Crippen molar-refractivity contribution in [1.82, 2.24) is 4.90 Å². The molecule has 7 heteroatoms. The lowest BCUT2D eigenvalue weighted by Crippen LogP contribution is -2.81. The smallest absolute Gasteiger partial charge is 0.111 e. The number of epoxide rings is 1. The van der Waals surface area contributed by atoms with Gasteiger partial charge in [0, 0.05) is 56.8 Å². The maximum absolute atomic E-state index is 12.4. The SMILES string of the molecule is CCN1C[C@]23O[C@H]2C[C@H](O)[C@]24C1[C@](O)(C[C@H]32)[C@@]1(O)C[C@H](OC)[C@H]2C[C@@H]4[C@@H]1[C@H]2OC. The zero-order chi connectivity index (χ0) is 20.1. The van der Waals surface area contributed by atoms with Gasteiger partial charge in [-0.15, -0.1) is 0 Å². The van der Waals surface area contributed by atoms with Gasteiger partial charge in [-0.3, -0.25) is 4.90 Å². The number of rotatable bonds is 3. The second-order valence-electron chi connectivity index (χ2n) is 11.1. The van der Waals surface area contributed by atoms with Crippen molar-refractivity contribution >= 4 is 0 Å². The van der Waals surface area contributed by atoms with Crippen LogP contribution in [0.1, 0.15) is 32.6 Å². The number of hydrogen-bond donors (Lipinski definition) is 3. The number of aliphatic hydroxyl groups is 3. The first-order valence-corrected chi connectivity index (χ1v) is 11.4. The van der Waals surface area contributed by atoms with Crippen molar-refractivity contribution in [2.75, 3.05) is 27.3 Å². The lowest BCUT2D eigenvalue weighted by Gasteiger charge is -2.67. The van der Waals surface area contributed by atoms with Gasteiger partial charge in [0.2, 0.25) is 0 Å². The first-order valence-electron chi connectivity index (χ1n) is 11.4. The Kier molecular flexibility index (Phi) is 3.18. The topological polar surface area (TPSA) is 94.9 Å². The number of aliphatic hydroxyl groups excluding tert-OH is 1. The molecule has 0 aromatic rings. The van der Waals surface area contributed by atoms with Crippen LogP contribution < -0.4 is 0 Å². The van der Waals surface area contributed by atoms with E-state index in [0.29, 0.717) is 19.3 Å². The average molecular weight is 408 g/mol. The summed E-state index contributed by atoms with van der Waals surface area (Å²) < 4.78 is 18.2. The maximum Gasteiger partial charge on any atom is 0.111 e. The number of piperidine rings is 1. The van der Waals surface area contributed by atoms with Crippen LogP contribution in [0.5, 0.6) is 0 Å².